The predicted octanol–water partition coefficient (Wildman–Crippen LogP) is 2.25. The number of hydrogen-bond donors (Lipinski definition) is 1. The normalized spacial score (nSPS) is 22.0. The largest absolute Gasteiger partial charge is 0.378 e. The molecule has 0 aromatic carbocycles. The summed E-state index contributed by atoms with van der Waals surface area (Å²) in [5.41, 5.74) is 0. The third kappa shape index (κ3) is 4.12. The van der Waals surface area contributed by atoms with E-state index in [-0.39, 0.29) is 5.91 Å². The van der Waals surface area contributed by atoms with Gasteiger partial charge in [-0.05, 0) is 32.1 Å². The second kappa shape index (κ2) is 6.24. The molecule has 0 bridgehead atoms. The summed E-state index contributed by atoms with van der Waals surface area (Å²) in [5.74, 6) is 0.580. The third-order valence-electron chi connectivity index (χ3n) is 3.47. The minimum Gasteiger partial charge on any atom is -0.378 e. The van der Waals surface area contributed by atoms with Crippen molar-refractivity contribution in [2.75, 3.05) is 13.2 Å². The van der Waals surface area contributed by atoms with Gasteiger partial charge in [-0.25, -0.2) is 0 Å². The van der Waals surface area contributed by atoms with Gasteiger partial charge in [-0.2, -0.15) is 0 Å². The van der Waals surface area contributed by atoms with E-state index in [1.807, 2.05) is 0 Å². The second-order valence-electron chi connectivity index (χ2n) is 5.05. The van der Waals surface area contributed by atoms with Crippen LogP contribution in [-0.2, 0) is 9.53 Å². The molecule has 92 valence electrons. The molecule has 0 saturated heterocycles. The number of hydrogen-bond acceptors (Lipinski definition) is 2. The molecule has 2 fully saturated rings. The van der Waals surface area contributed by atoms with Crippen molar-refractivity contribution >= 4 is 5.91 Å². The number of ether oxygens (including phenoxy) is 1. The first-order chi connectivity index (χ1) is 7.86. The number of carbonyl (C=O) groups excluding carboxylic acids is 1. The molecular weight excluding hydrogens is 202 g/mol. The van der Waals surface area contributed by atoms with Crippen molar-refractivity contribution in [1.82, 2.24) is 5.32 Å². The van der Waals surface area contributed by atoms with Crippen LogP contribution in [0.3, 0.4) is 0 Å². The lowest BCUT2D eigenvalue weighted by Crippen LogP contribution is -2.27. The van der Waals surface area contributed by atoms with Gasteiger partial charge in [0, 0.05) is 19.1 Å². The van der Waals surface area contributed by atoms with Crippen molar-refractivity contribution in [2.45, 2.75) is 57.5 Å². The van der Waals surface area contributed by atoms with Gasteiger partial charge in [0.05, 0.1) is 6.10 Å². The Kier molecular flexibility index (Phi) is 4.64. The van der Waals surface area contributed by atoms with Gasteiger partial charge in [0.25, 0.3) is 0 Å². The summed E-state index contributed by atoms with van der Waals surface area (Å²) in [7, 11) is 0. The van der Waals surface area contributed by atoms with E-state index < -0.39 is 0 Å². The van der Waals surface area contributed by atoms with Crippen LogP contribution in [0.5, 0.6) is 0 Å². The summed E-state index contributed by atoms with van der Waals surface area (Å²) in [6.45, 7) is 1.58. The summed E-state index contributed by atoms with van der Waals surface area (Å²) in [4.78, 5) is 11.3. The fourth-order valence-corrected chi connectivity index (χ4v) is 2.26. The van der Waals surface area contributed by atoms with Crippen molar-refractivity contribution < 1.29 is 9.53 Å². The zero-order valence-corrected chi connectivity index (χ0v) is 10.0. The molecule has 3 heteroatoms. The molecule has 1 amide bonds. The van der Waals surface area contributed by atoms with E-state index in [4.69, 9.17) is 4.74 Å². The first kappa shape index (κ1) is 11.9. The summed E-state index contributed by atoms with van der Waals surface area (Å²) in [6, 6.07) is 0. The average Bonchev–Trinajstić information content (AvgIpc) is 3.13. The maximum Gasteiger partial charge on any atom is 0.223 e. The van der Waals surface area contributed by atoms with E-state index >= 15 is 0 Å². The maximum absolute atomic E-state index is 11.3. The molecule has 0 heterocycles. The molecule has 2 saturated carbocycles. The van der Waals surface area contributed by atoms with Crippen LogP contribution < -0.4 is 5.32 Å². The lowest BCUT2D eigenvalue weighted by atomic mass is 9.98. The molecule has 1 N–H and O–H groups in total. The van der Waals surface area contributed by atoms with Crippen molar-refractivity contribution in [1.29, 1.82) is 0 Å². The van der Waals surface area contributed by atoms with Gasteiger partial charge in [-0.1, -0.05) is 19.3 Å². The van der Waals surface area contributed by atoms with Crippen molar-refractivity contribution in [2.24, 2.45) is 5.92 Å². The summed E-state index contributed by atoms with van der Waals surface area (Å²) < 4.78 is 5.79. The molecule has 0 aliphatic heterocycles. The van der Waals surface area contributed by atoms with E-state index in [2.05, 4.69) is 5.32 Å². The molecule has 0 unspecified atom stereocenters. The lowest BCUT2D eigenvalue weighted by molar-refractivity contribution is -0.122. The standard InChI is InChI=1S/C13H23NO2/c15-13(11-7-8-11)14-9-4-10-16-12-5-2-1-3-6-12/h11-12H,1-10H2,(H,14,15). The third-order valence-corrected chi connectivity index (χ3v) is 3.47. The molecule has 0 aromatic heterocycles. The van der Waals surface area contributed by atoms with Gasteiger partial charge < -0.3 is 10.1 Å². The minimum absolute atomic E-state index is 0.248. The number of carbonyl (C=O) groups is 1. The number of amides is 1. The predicted molar refractivity (Wildman–Crippen MR) is 63.2 cm³/mol. The summed E-state index contributed by atoms with van der Waals surface area (Å²) in [5, 5.41) is 2.96. The van der Waals surface area contributed by atoms with Crippen LogP contribution in [0, 0.1) is 5.92 Å². The zero-order valence-electron chi connectivity index (χ0n) is 10.0. The lowest BCUT2D eigenvalue weighted by Gasteiger charge is -2.21. The Labute approximate surface area is 97.9 Å². The molecular formula is C13H23NO2. The summed E-state index contributed by atoms with van der Waals surface area (Å²) in [6.07, 6.45) is 10.1. The highest BCUT2D eigenvalue weighted by Crippen LogP contribution is 2.28. The van der Waals surface area contributed by atoms with E-state index in [0.717, 1.165) is 32.4 Å². The quantitative estimate of drug-likeness (QED) is 0.704. The Morgan fingerprint density at radius 3 is 2.56 bits per heavy atom. The van der Waals surface area contributed by atoms with Crippen LogP contribution in [0.4, 0.5) is 0 Å². The van der Waals surface area contributed by atoms with E-state index in [9.17, 15) is 4.79 Å². The fraction of sp³-hybridized carbons (Fsp3) is 0.923. The van der Waals surface area contributed by atoms with Gasteiger partial charge in [-0.15, -0.1) is 0 Å². The topological polar surface area (TPSA) is 38.3 Å². The van der Waals surface area contributed by atoms with Crippen LogP contribution in [-0.4, -0.2) is 25.2 Å². The molecule has 0 radical (unpaired) electrons. The molecule has 2 rings (SSSR count). The Hall–Kier alpha value is -0.570. The smallest absolute Gasteiger partial charge is 0.223 e. The van der Waals surface area contributed by atoms with Crippen LogP contribution in [0.2, 0.25) is 0 Å². The second-order valence-corrected chi connectivity index (χ2v) is 5.05. The van der Waals surface area contributed by atoms with Crippen molar-refractivity contribution in [3.8, 4) is 0 Å². The van der Waals surface area contributed by atoms with Gasteiger partial charge in [0.1, 0.15) is 0 Å². The van der Waals surface area contributed by atoms with E-state index in [1.54, 1.807) is 0 Å². The Balaban J connectivity index is 1.43. The molecule has 3 nitrogen and oxygen atoms in total. The molecule has 2 aliphatic rings. The average molecular weight is 225 g/mol. The number of rotatable bonds is 6. The first-order valence-electron chi connectivity index (χ1n) is 6.75. The highest BCUT2D eigenvalue weighted by atomic mass is 16.5. The first-order valence-corrected chi connectivity index (χ1v) is 6.75. The van der Waals surface area contributed by atoms with Crippen LogP contribution in [0.15, 0.2) is 0 Å². The monoisotopic (exact) mass is 225 g/mol. The maximum atomic E-state index is 11.3. The van der Waals surface area contributed by atoms with Crippen molar-refractivity contribution in [3.63, 3.8) is 0 Å². The van der Waals surface area contributed by atoms with Crippen LogP contribution >= 0.6 is 0 Å². The molecule has 0 aromatic rings. The highest BCUT2D eigenvalue weighted by Gasteiger charge is 2.28. The zero-order chi connectivity index (χ0) is 11.2. The summed E-state index contributed by atoms with van der Waals surface area (Å²) >= 11 is 0. The van der Waals surface area contributed by atoms with Gasteiger partial charge in [-0.3, -0.25) is 4.79 Å². The van der Waals surface area contributed by atoms with Gasteiger partial charge in [0.2, 0.25) is 5.91 Å². The molecule has 0 spiro atoms. The Bertz CT molecular complexity index is 220. The number of nitrogens with one attached hydrogen (secondary N) is 1. The Morgan fingerprint density at radius 1 is 1.12 bits per heavy atom. The fourth-order valence-electron chi connectivity index (χ4n) is 2.26. The highest BCUT2D eigenvalue weighted by molar-refractivity contribution is 5.80. The molecule has 16 heavy (non-hydrogen) atoms. The van der Waals surface area contributed by atoms with Crippen molar-refractivity contribution in [3.05, 3.63) is 0 Å². The minimum atomic E-state index is 0.248. The van der Waals surface area contributed by atoms with E-state index in [0.29, 0.717) is 12.0 Å². The van der Waals surface area contributed by atoms with Gasteiger partial charge in [0.15, 0.2) is 0 Å². The van der Waals surface area contributed by atoms with Crippen LogP contribution in [0.1, 0.15) is 51.4 Å². The Morgan fingerprint density at radius 2 is 1.88 bits per heavy atom. The van der Waals surface area contributed by atoms with Crippen LogP contribution in [0.25, 0.3) is 0 Å². The SMILES string of the molecule is O=C(NCCCOC1CCCCC1)C1CC1. The van der Waals surface area contributed by atoms with E-state index in [1.165, 1.54) is 32.1 Å². The molecule has 2 aliphatic carbocycles. The van der Waals surface area contributed by atoms with Gasteiger partial charge >= 0.3 is 0 Å². The molecule has 0 atom stereocenters.